The predicted octanol–water partition coefficient (Wildman–Crippen LogP) is 5.48. The first-order valence-corrected chi connectivity index (χ1v) is 7.85. The van der Waals surface area contributed by atoms with E-state index < -0.39 is 0 Å². The molecule has 0 aliphatic heterocycles. The van der Waals surface area contributed by atoms with Gasteiger partial charge in [-0.25, -0.2) is 9.97 Å². The van der Waals surface area contributed by atoms with E-state index in [1.54, 1.807) is 0 Å². The zero-order valence-electron chi connectivity index (χ0n) is 10.8. The SMILES string of the molecule is Cc1c(Cl)nc(C2CC2)nc1Nc1cc(Cl)ccc1Br. The predicted molar refractivity (Wildman–Crippen MR) is 86.2 cm³/mol. The molecule has 2 aromatic rings. The molecule has 1 N–H and O–H groups in total. The number of aromatic nitrogens is 2. The van der Waals surface area contributed by atoms with Gasteiger partial charge in [-0.1, -0.05) is 23.2 Å². The molecule has 0 radical (unpaired) electrons. The first-order chi connectivity index (χ1) is 9.54. The van der Waals surface area contributed by atoms with Crippen LogP contribution in [0.3, 0.4) is 0 Å². The highest BCUT2D eigenvalue weighted by Gasteiger charge is 2.28. The number of halogens is 3. The number of nitrogens with one attached hydrogen (secondary N) is 1. The van der Waals surface area contributed by atoms with Crippen molar-refractivity contribution in [1.29, 1.82) is 0 Å². The van der Waals surface area contributed by atoms with E-state index in [9.17, 15) is 0 Å². The van der Waals surface area contributed by atoms with E-state index in [1.165, 1.54) is 0 Å². The summed E-state index contributed by atoms with van der Waals surface area (Å²) >= 11 is 15.7. The van der Waals surface area contributed by atoms with E-state index in [0.29, 0.717) is 16.1 Å². The Bertz CT molecular complexity index is 672. The van der Waals surface area contributed by atoms with Gasteiger partial charge in [0.25, 0.3) is 0 Å². The van der Waals surface area contributed by atoms with E-state index in [4.69, 9.17) is 23.2 Å². The van der Waals surface area contributed by atoms with Gasteiger partial charge in [0.2, 0.25) is 0 Å². The molecule has 0 amide bonds. The minimum absolute atomic E-state index is 0.455. The Morgan fingerprint density at radius 2 is 2.00 bits per heavy atom. The smallest absolute Gasteiger partial charge is 0.138 e. The van der Waals surface area contributed by atoms with Crippen molar-refractivity contribution in [2.75, 3.05) is 5.32 Å². The van der Waals surface area contributed by atoms with Crippen LogP contribution >= 0.6 is 39.1 Å². The molecule has 1 fully saturated rings. The van der Waals surface area contributed by atoms with Gasteiger partial charge in [-0.15, -0.1) is 0 Å². The Morgan fingerprint density at radius 1 is 1.25 bits per heavy atom. The molecule has 0 atom stereocenters. The Balaban J connectivity index is 1.99. The summed E-state index contributed by atoms with van der Waals surface area (Å²) in [7, 11) is 0. The van der Waals surface area contributed by atoms with Crippen LogP contribution < -0.4 is 5.32 Å². The maximum atomic E-state index is 6.20. The first-order valence-electron chi connectivity index (χ1n) is 6.30. The lowest BCUT2D eigenvalue weighted by Gasteiger charge is -2.12. The maximum Gasteiger partial charge on any atom is 0.138 e. The van der Waals surface area contributed by atoms with Crippen molar-refractivity contribution in [1.82, 2.24) is 9.97 Å². The summed E-state index contributed by atoms with van der Waals surface area (Å²) < 4.78 is 0.920. The van der Waals surface area contributed by atoms with Crippen molar-refractivity contribution in [3.8, 4) is 0 Å². The number of hydrogen-bond acceptors (Lipinski definition) is 3. The van der Waals surface area contributed by atoms with Gasteiger partial charge in [0.15, 0.2) is 0 Å². The molecule has 1 heterocycles. The molecule has 6 heteroatoms. The van der Waals surface area contributed by atoms with E-state index >= 15 is 0 Å². The molecule has 0 saturated heterocycles. The Labute approximate surface area is 135 Å². The molecule has 1 aromatic heterocycles. The van der Waals surface area contributed by atoms with Crippen molar-refractivity contribution in [2.45, 2.75) is 25.7 Å². The molecule has 1 aliphatic rings. The third-order valence-electron chi connectivity index (χ3n) is 3.23. The van der Waals surface area contributed by atoms with Crippen LogP contribution in [0.4, 0.5) is 11.5 Å². The van der Waals surface area contributed by atoms with Gasteiger partial charge < -0.3 is 5.32 Å². The fraction of sp³-hybridized carbons (Fsp3) is 0.286. The Kier molecular flexibility index (Phi) is 3.89. The highest BCUT2D eigenvalue weighted by molar-refractivity contribution is 9.10. The van der Waals surface area contributed by atoms with Crippen LogP contribution in [0.2, 0.25) is 10.2 Å². The monoisotopic (exact) mass is 371 g/mol. The third-order valence-corrected chi connectivity index (χ3v) is 4.52. The summed E-state index contributed by atoms with van der Waals surface area (Å²) in [5, 5.41) is 4.44. The standard InChI is InChI=1S/C14H12BrCl2N3/c1-7-12(17)19-14(8-2-3-8)20-13(7)18-11-6-9(16)4-5-10(11)15/h4-6,8H,2-3H2,1H3,(H,18,19,20). The summed E-state index contributed by atoms with van der Waals surface area (Å²) in [6.07, 6.45) is 2.28. The largest absolute Gasteiger partial charge is 0.339 e. The molecule has 20 heavy (non-hydrogen) atoms. The highest BCUT2D eigenvalue weighted by atomic mass is 79.9. The number of rotatable bonds is 3. The number of hydrogen-bond donors (Lipinski definition) is 1. The molecule has 0 spiro atoms. The van der Waals surface area contributed by atoms with Gasteiger partial charge >= 0.3 is 0 Å². The summed E-state index contributed by atoms with van der Waals surface area (Å²) in [6.45, 7) is 1.90. The third kappa shape index (κ3) is 2.92. The second-order valence-corrected chi connectivity index (χ2v) is 6.52. The van der Waals surface area contributed by atoms with E-state index in [1.807, 2.05) is 25.1 Å². The summed E-state index contributed by atoms with van der Waals surface area (Å²) in [4.78, 5) is 8.94. The molecule has 1 aliphatic carbocycles. The van der Waals surface area contributed by atoms with Crippen molar-refractivity contribution in [2.24, 2.45) is 0 Å². The summed E-state index contributed by atoms with van der Waals surface area (Å²) in [6, 6.07) is 5.56. The van der Waals surface area contributed by atoms with Crippen LogP contribution in [-0.2, 0) is 0 Å². The van der Waals surface area contributed by atoms with Crippen LogP contribution in [-0.4, -0.2) is 9.97 Å². The number of benzene rings is 1. The molecule has 0 bridgehead atoms. The van der Waals surface area contributed by atoms with Crippen LogP contribution in [0.5, 0.6) is 0 Å². The molecule has 104 valence electrons. The summed E-state index contributed by atoms with van der Waals surface area (Å²) in [5.74, 6) is 2.01. The molecule has 1 aromatic carbocycles. The summed E-state index contributed by atoms with van der Waals surface area (Å²) in [5.41, 5.74) is 1.69. The zero-order chi connectivity index (χ0) is 14.3. The Morgan fingerprint density at radius 3 is 2.70 bits per heavy atom. The van der Waals surface area contributed by atoms with E-state index in [2.05, 4.69) is 31.2 Å². The van der Waals surface area contributed by atoms with Gasteiger partial charge in [-0.2, -0.15) is 0 Å². The lowest BCUT2D eigenvalue weighted by atomic mass is 10.2. The number of anilines is 2. The lowest BCUT2D eigenvalue weighted by Crippen LogP contribution is -2.03. The average Bonchev–Trinajstić information content (AvgIpc) is 3.23. The van der Waals surface area contributed by atoms with Crippen molar-refractivity contribution in [3.63, 3.8) is 0 Å². The van der Waals surface area contributed by atoms with Crippen molar-refractivity contribution >= 4 is 50.6 Å². The second-order valence-electron chi connectivity index (χ2n) is 4.87. The molecular formula is C14H12BrCl2N3. The van der Waals surface area contributed by atoms with Crippen molar-refractivity contribution in [3.05, 3.63) is 44.2 Å². The molecule has 0 unspecified atom stereocenters. The normalized spacial score (nSPS) is 14.4. The van der Waals surface area contributed by atoms with Crippen molar-refractivity contribution < 1.29 is 0 Å². The first kappa shape index (κ1) is 14.1. The number of nitrogens with zero attached hydrogens (tertiary/aromatic N) is 2. The molecule has 1 saturated carbocycles. The molecular weight excluding hydrogens is 361 g/mol. The van der Waals surface area contributed by atoms with Crippen LogP contribution in [0.1, 0.15) is 30.1 Å². The Hall–Kier alpha value is -0.840. The minimum atomic E-state index is 0.455. The van der Waals surface area contributed by atoms with Gasteiger partial charge in [0, 0.05) is 21.0 Å². The lowest BCUT2D eigenvalue weighted by molar-refractivity contribution is 0.922. The van der Waals surface area contributed by atoms with Crippen LogP contribution in [0.25, 0.3) is 0 Å². The van der Waals surface area contributed by atoms with Crippen LogP contribution in [0.15, 0.2) is 22.7 Å². The fourth-order valence-electron chi connectivity index (χ4n) is 1.87. The quantitative estimate of drug-likeness (QED) is 0.725. The van der Waals surface area contributed by atoms with Gasteiger partial charge in [-0.05, 0) is 53.9 Å². The fourth-order valence-corrected chi connectivity index (χ4v) is 2.57. The van der Waals surface area contributed by atoms with E-state index in [-0.39, 0.29) is 0 Å². The minimum Gasteiger partial charge on any atom is -0.339 e. The molecule has 3 rings (SSSR count). The van der Waals surface area contributed by atoms with Gasteiger partial charge in [0.05, 0.1) is 5.69 Å². The molecule has 3 nitrogen and oxygen atoms in total. The average molecular weight is 373 g/mol. The van der Waals surface area contributed by atoms with Crippen LogP contribution in [0, 0.1) is 6.92 Å². The topological polar surface area (TPSA) is 37.8 Å². The van der Waals surface area contributed by atoms with E-state index in [0.717, 1.165) is 40.2 Å². The zero-order valence-corrected chi connectivity index (χ0v) is 13.8. The van der Waals surface area contributed by atoms with Gasteiger partial charge in [0.1, 0.15) is 16.8 Å². The van der Waals surface area contributed by atoms with Gasteiger partial charge in [-0.3, -0.25) is 0 Å². The second kappa shape index (κ2) is 5.51. The highest BCUT2D eigenvalue weighted by Crippen LogP contribution is 2.40. The maximum absolute atomic E-state index is 6.20.